The van der Waals surface area contributed by atoms with E-state index >= 15 is 0 Å². The van der Waals surface area contributed by atoms with Crippen molar-refractivity contribution in [1.82, 2.24) is 26.2 Å². The number of hydrogen-bond acceptors (Lipinski definition) is 6. The van der Waals surface area contributed by atoms with Gasteiger partial charge in [0.15, 0.2) is 0 Å². The number of rotatable bonds is 9. The van der Waals surface area contributed by atoms with Gasteiger partial charge in [0, 0.05) is 69.0 Å². The van der Waals surface area contributed by atoms with E-state index in [2.05, 4.69) is 36.2 Å². The topological polar surface area (TPSA) is 168 Å². The van der Waals surface area contributed by atoms with Crippen LogP contribution in [0.1, 0.15) is 40.0 Å². The number of carbonyl (C=O) groups is 4. The summed E-state index contributed by atoms with van der Waals surface area (Å²) in [5, 5.41) is 14.9. The number of carbonyl (C=O) groups excluding carboxylic acids is 4. The second-order valence-electron chi connectivity index (χ2n) is 8.05. The number of nitrogens with one attached hydrogen (secondary N) is 4. The van der Waals surface area contributed by atoms with Crippen molar-refractivity contribution in [3.05, 3.63) is 10.4 Å². The lowest BCUT2D eigenvalue weighted by Gasteiger charge is -2.60. The molecule has 3 aliphatic rings. The van der Waals surface area contributed by atoms with Gasteiger partial charge in [0.2, 0.25) is 23.6 Å². The van der Waals surface area contributed by atoms with Crippen molar-refractivity contribution in [1.29, 1.82) is 0 Å². The van der Waals surface area contributed by atoms with E-state index in [-0.39, 0.29) is 48.3 Å². The van der Waals surface area contributed by atoms with Crippen LogP contribution in [0.3, 0.4) is 0 Å². The molecule has 3 saturated heterocycles. The summed E-state index contributed by atoms with van der Waals surface area (Å²) in [6.45, 7) is 5.18. The second kappa shape index (κ2) is 10.3. The summed E-state index contributed by atoms with van der Waals surface area (Å²) in [6.07, 6.45) is 1.80. The average Bonchev–Trinajstić information content (AvgIpc) is 2.67. The van der Waals surface area contributed by atoms with Gasteiger partial charge in [-0.25, -0.2) is 0 Å². The van der Waals surface area contributed by atoms with Crippen molar-refractivity contribution in [2.75, 3.05) is 26.2 Å². The maximum absolute atomic E-state index is 12.4. The minimum absolute atomic E-state index is 0.0892. The normalized spacial score (nSPS) is 29.3. The minimum Gasteiger partial charge on any atom is -0.355 e. The van der Waals surface area contributed by atoms with Gasteiger partial charge in [0.1, 0.15) is 6.54 Å². The van der Waals surface area contributed by atoms with Crippen LogP contribution in [0.15, 0.2) is 5.11 Å². The van der Waals surface area contributed by atoms with Crippen LogP contribution in [-0.2, 0) is 19.2 Å². The number of hydrogen-bond donors (Lipinski definition) is 4. The van der Waals surface area contributed by atoms with Crippen molar-refractivity contribution in [3.63, 3.8) is 0 Å². The molecule has 2 bridgehead atoms. The maximum atomic E-state index is 12.4. The van der Waals surface area contributed by atoms with Crippen LogP contribution >= 0.6 is 0 Å². The molecular weight excluding hydrogens is 392 g/mol. The Morgan fingerprint density at radius 1 is 0.900 bits per heavy atom. The molecule has 3 aliphatic heterocycles. The predicted octanol–water partition coefficient (Wildman–Crippen LogP) is -0.835. The molecule has 0 radical (unpaired) electrons. The van der Waals surface area contributed by atoms with Crippen molar-refractivity contribution < 1.29 is 19.2 Å². The zero-order valence-electron chi connectivity index (χ0n) is 17.6. The second-order valence-corrected chi connectivity index (χ2v) is 8.05. The monoisotopic (exact) mass is 422 g/mol. The van der Waals surface area contributed by atoms with Crippen LogP contribution in [0.2, 0.25) is 0 Å². The Morgan fingerprint density at radius 2 is 1.30 bits per heavy atom. The first kappa shape index (κ1) is 23.4. The van der Waals surface area contributed by atoms with Gasteiger partial charge in [0.25, 0.3) is 0 Å². The molecule has 30 heavy (non-hydrogen) atoms. The fourth-order valence-electron chi connectivity index (χ4n) is 4.72. The predicted molar refractivity (Wildman–Crippen MR) is 108 cm³/mol. The van der Waals surface area contributed by atoms with Crippen LogP contribution < -0.4 is 21.3 Å². The smallest absolute Gasteiger partial charge is 0.226 e. The van der Waals surface area contributed by atoms with E-state index in [1.165, 1.54) is 20.8 Å². The van der Waals surface area contributed by atoms with Gasteiger partial charge >= 0.3 is 0 Å². The zero-order chi connectivity index (χ0) is 22.3. The highest BCUT2D eigenvalue weighted by atomic mass is 16.2. The van der Waals surface area contributed by atoms with E-state index in [0.29, 0.717) is 38.9 Å². The molecule has 2 unspecified atom stereocenters. The van der Waals surface area contributed by atoms with E-state index in [9.17, 15) is 19.2 Å². The van der Waals surface area contributed by atoms with Crippen LogP contribution in [0.4, 0.5) is 0 Å². The van der Waals surface area contributed by atoms with E-state index in [4.69, 9.17) is 5.53 Å². The quantitative estimate of drug-likeness (QED) is 0.216. The molecule has 0 aromatic heterocycles. The summed E-state index contributed by atoms with van der Waals surface area (Å²) in [7, 11) is 0. The molecule has 0 spiro atoms. The largest absolute Gasteiger partial charge is 0.355 e. The SMILES string of the molecule is CC(=O)NCC1C[C@]2(NC(=O)CN=[N+]=[N-])C[C@@H](CNC(C)=O)N1[C@@H](CNC(C)=O)C2. The summed E-state index contributed by atoms with van der Waals surface area (Å²) in [5.74, 6) is -0.847. The first-order valence-corrected chi connectivity index (χ1v) is 9.98. The fraction of sp³-hybridized carbons (Fsp3) is 0.778. The Hall–Kier alpha value is -2.85. The highest BCUT2D eigenvalue weighted by Crippen LogP contribution is 2.42. The lowest BCUT2D eigenvalue weighted by molar-refractivity contribution is -0.131. The van der Waals surface area contributed by atoms with Crippen LogP contribution in [0.25, 0.3) is 10.4 Å². The highest BCUT2D eigenvalue weighted by Gasteiger charge is 2.54. The van der Waals surface area contributed by atoms with Crippen molar-refractivity contribution in [3.8, 4) is 0 Å². The lowest BCUT2D eigenvalue weighted by atomic mass is 9.69. The third-order valence-electron chi connectivity index (χ3n) is 5.59. The number of piperidine rings is 3. The summed E-state index contributed by atoms with van der Waals surface area (Å²) in [4.78, 5) is 51.7. The van der Waals surface area contributed by atoms with Crippen molar-refractivity contribution in [2.45, 2.75) is 63.7 Å². The van der Waals surface area contributed by atoms with E-state index < -0.39 is 5.54 Å². The molecule has 166 valence electrons. The van der Waals surface area contributed by atoms with Crippen molar-refractivity contribution in [2.24, 2.45) is 5.11 Å². The van der Waals surface area contributed by atoms with E-state index in [0.717, 1.165) is 0 Å². The van der Waals surface area contributed by atoms with Gasteiger partial charge in [-0.05, 0) is 24.8 Å². The fourth-order valence-corrected chi connectivity index (χ4v) is 4.72. The number of azide groups is 1. The number of nitrogens with zero attached hydrogens (tertiary/aromatic N) is 4. The third kappa shape index (κ3) is 6.33. The Bertz CT molecular complexity index is 666. The highest BCUT2D eigenvalue weighted by molar-refractivity contribution is 5.79. The molecule has 3 rings (SSSR count). The molecule has 0 aliphatic carbocycles. The first-order chi connectivity index (χ1) is 14.2. The first-order valence-electron chi connectivity index (χ1n) is 9.98. The molecule has 3 fully saturated rings. The van der Waals surface area contributed by atoms with E-state index in [1.54, 1.807) is 0 Å². The van der Waals surface area contributed by atoms with Crippen LogP contribution in [-0.4, -0.2) is 78.4 Å². The minimum atomic E-state index is -0.591. The Kier molecular flexibility index (Phi) is 8.01. The van der Waals surface area contributed by atoms with Crippen LogP contribution in [0.5, 0.6) is 0 Å². The summed E-state index contributed by atoms with van der Waals surface area (Å²) >= 11 is 0. The van der Waals surface area contributed by atoms with Gasteiger partial charge in [-0.1, -0.05) is 5.11 Å². The van der Waals surface area contributed by atoms with E-state index in [1.807, 2.05) is 0 Å². The average molecular weight is 422 g/mol. The van der Waals surface area contributed by atoms with Crippen molar-refractivity contribution >= 4 is 23.6 Å². The summed E-state index contributed by atoms with van der Waals surface area (Å²) in [6, 6.07) is -0.268. The molecule has 12 heteroatoms. The Balaban J connectivity index is 2.31. The van der Waals surface area contributed by atoms with Gasteiger partial charge in [-0.3, -0.25) is 24.1 Å². The zero-order valence-corrected chi connectivity index (χ0v) is 17.6. The van der Waals surface area contributed by atoms with Gasteiger partial charge in [-0.15, -0.1) is 0 Å². The maximum Gasteiger partial charge on any atom is 0.226 e. The molecule has 0 aromatic rings. The molecule has 0 saturated carbocycles. The Morgan fingerprint density at radius 3 is 1.63 bits per heavy atom. The number of fused-ring (bicyclic) bond motifs is 3. The molecular formula is C18H30N8O4. The Labute approximate surface area is 175 Å². The summed E-state index contributed by atoms with van der Waals surface area (Å²) < 4.78 is 0. The lowest BCUT2D eigenvalue weighted by Crippen LogP contribution is -2.75. The molecule has 4 N–H and O–H groups in total. The third-order valence-corrected chi connectivity index (χ3v) is 5.59. The van der Waals surface area contributed by atoms with Gasteiger partial charge in [-0.2, -0.15) is 0 Å². The number of amides is 4. The van der Waals surface area contributed by atoms with Gasteiger partial charge < -0.3 is 21.3 Å². The standard InChI is InChI=1S/C18H30N8O4/c1-11(27)20-7-14-4-18(24-17(30)10-23-25-19)5-15(8-21-12(2)28)26(14)16(6-18)9-22-13(3)29/h14-16H,4-10H2,1-3H3,(H,20,27)(H,21,28)(H,22,29)(H,24,30)/t14-,15+,16?,18-. The molecule has 12 nitrogen and oxygen atoms in total. The molecule has 0 aromatic carbocycles. The summed E-state index contributed by atoms with van der Waals surface area (Å²) in [5.41, 5.74) is 7.90. The van der Waals surface area contributed by atoms with Gasteiger partial charge in [0.05, 0.1) is 0 Å². The molecule has 3 heterocycles. The molecule has 4 amide bonds. The van der Waals surface area contributed by atoms with Crippen LogP contribution in [0, 0.1) is 0 Å². The molecule has 5 atom stereocenters.